The van der Waals surface area contributed by atoms with E-state index in [1.807, 2.05) is 38.2 Å². The average molecular weight is 386 g/mol. The van der Waals surface area contributed by atoms with E-state index < -0.39 is 0 Å². The SMILES string of the molecule is COCCN1CCC(C(=O)Nc2c(-c3ccccc3OC)c(C)nn2C)CC1. The van der Waals surface area contributed by atoms with Crippen molar-refractivity contribution in [1.29, 1.82) is 0 Å². The fourth-order valence-corrected chi connectivity index (χ4v) is 3.83. The number of nitrogens with one attached hydrogen (secondary N) is 1. The normalized spacial score (nSPS) is 15.6. The minimum absolute atomic E-state index is 0.0134. The Bertz CT molecular complexity index is 810. The van der Waals surface area contributed by atoms with Crippen LogP contribution in [0.4, 0.5) is 5.82 Å². The van der Waals surface area contributed by atoms with E-state index in [4.69, 9.17) is 9.47 Å². The maximum atomic E-state index is 13.0. The molecule has 0 unspecified atom stereocenters. The third-order valence-corrected chi connectivity index (χ3v) is 5.41. The molecule has 28 heavy (non-hydrogen) atoms. The van der Waals surface area contributed by atoms with Gasteiger partial charge in [0, 0.05) is 32.2 Å². The predicted octanol–water partition coefficient (Wildman–Crippen LogP) is 2.70. The molecule has 0 aliphatic carbocycles. The second-order valence-corrected chi connectivity index (χ2v) is 7.23. The molecule has 2 heterocycles. The number of anilines is 1. The molecular weight excluding hydrogens is 356 g/mol. The molecule has 7 nitrogen and oxygen atoms in total. The van der Waals surface area contributed by atoms with Crippen molar-refractivity contribution in [1.82, 2.24) is 14.7 Å². The molecule has 1 aliphatic rings. The lowest BCUT2D eigenvalue weighted by Crippen LogP contribution is -2.39. The van der Waals surface area contributed by atoms with Crippen LogP contribution in [-0.2, 0) is 16.6 Å². The fourth-order valence-electron chi connectivity index (χ4n) is 3.83. The zero-order chi connectivity index (χ0) is 20.1. The van der Waals surface area contributed by atoms with Gasteiger partial charge in [-0.05, 0) is 38.9 Å². The Morgan fingerprint density at radius 2 is 1.96 bits per heavy atom. The maximum absolute atomic E-state index is 13.0. The summed E-state index contributed by atoms with van der Waals surface area (Å²) in [6.07, 6.45) is 1.72. The van der Waals surface area contributed by atoms with Crippen LogP contribution in [0, 0.1) is 12.8 Å². The number of hydrogen-bond donors (Lipinski definition) is 1. The van der Waals surface area contributed by atoms with Crippen LogP contribution in [0.15, 0.2) is 24.3 Å². The van der Waals surface area contributed by atoms with Crippen LogP contribution in [0.1, 0.15) is 18.5 Å². The standard InChI is InChI=1S/C21H30N4O3/c1-15-19(17-7-5-6-8-18(17)28-4)20(24(2)23-15)22-21(26)16-9-11-25(12-10-16)13-14-27-3/h5-8,16H,9-14H2,1-4H3,(H,22,26). The van der Waals surface area contributed by atoms with E-state index >= 15 is 0 Å². The van der Waals surface area contributed by atoms with Crippen molar-refractivity contribution in [3.63, 3.8) is 0 Å². The topological polar surface area (TPSA) is 68.6 Å². The Morgan fingerprint density at radius 3 is 2.64 bits per heavy atom. The molecule has 0 radical (unpaired) electrons. The number of amides is 1. The molecular formula is C21H30N4O3. The number of carbonyl (C=O) groups excluding carboxylic acids is 1. The molecule has 0 bridgehead atoms. The van der Waals surface area contributed by atoms with E-state index in [1.165, 1.54) is 0 Å². The molecule has 1 N–H and O–H groups in total. The second kappa shape index (κ2) is 9.21. The Hall–Kier alpha value is -2.38. The molecule has 2 aromatic rings. The number of carbonyl (C=O) groups is 1. The number of aromatic nitrogens is 2. The van der Waals surface area contributed by atoms with Gasteiger partial charge in [0.25, 0.3) is 0 Å². The molecule has 1 aromatic heterocycles. The second-order valence-electron chi connectivity index (χ2n) is 7.23. The van der Waals surface area contributed by atoms with Crippen molar-refractivity contribution in [2.45, 2.75) is 19.8 Å². The van der Waals surface area contributed by atoms with Crippen molar-refractivity contribution in [2.75, 3.05) is 45.8 Å². The first kappa shape index (κ1) is 20.4. The van der Waals surface area contributed by atoms with E-state index in [2.05, 4.69) is 15.3 Å². The molecule has 1 aromatic carbocycles. The van der Waals surface area contributed by atoms with Crippen molar-refractivity contribution < 1.29 is 14.3 Å². The van der Waals surface area contributed by atoms with Crippen molar-refractivity contribution in [3.05, 3.63) is 30.0 Å². The highest BCUT2D eigenvalue weighted by molar-refractivity contribution is 5.97. The third-order valence-electron chi connectivity index (χ3n) is 5.41. The zero-order valence-corrected chi connectivity index (χ0v) is 17.2. The summed E-state index contributed by atoms with van der Waals surface area (Å²) in [7, 11) is 5.23. The van der Waals surface area contributed by atoms with Gasteiger partial charge in [0.15, 0.2) is 0 Å². The maximum Gasteiger partial charge on any atom is 0.228 e. The summed E-state index contributed by atoms with van der Waals surface area (Å²) < 4.78 is 12.4. The number of rotatable bonds is 7. The van der Waals surface area contributed by atoms with Gasteiger partial charge in [0.2, 0.25) is 5.91 Å². The molecule has 7 heteroatoms. The number of hydrogen-bond acceptors (Lipinski definition) is 5. The van der Waals surface area contributed by atoms with Gasteiger partial charge in [-0.2, -0.15) is 5.10 Å². The number of likely N-dealkylation sites (tertiary alicyclic amines) is 1. The highest BCUT2D eigenvalue weighted by Gasteiger charge is 2.27. The first-order valence-corrected chi connectivity index (χ1v) is 9.74. The van der Waals surface area contributed by atoms with Crippen LogP contribution in [0.3, 0.4) is 0 Å². The summed E-state index contributed by atoms with van der Waals surface area (Å²) in [4.78, 5) is 15.3. The lowest BCUT2D eigenvalue weighted by molar-refractivity contribution is -0.121. The Labute approximate surface area is 166 Å². The highest BCUT2D eigenvalue weighted by atomic mass is 16.5. The predicted molar refractivity (Wildman–Crippen MR) is 110 cm³/mol. The zero-order valence-electron chi connectivity index (χ0n) is 17.2. The summed E-state index contributed by atoms with van der Waals surface area (Å²) in [5, 5.41) is 7.67. The van der Waals surface area contributed by atoms with Crippen LogP contribution >= 0.6 is 0 Å². The quantitative estimate of drug-likeness (QED) is 0.792. The van der Waals surface area contributed by atoms with E-state index in [0.29, 0.717) is 5.82 Å². The highest BCUT2D eigenvalue weighted by Crippen LogP contribution is 2.37. The number of para-hydroxylation sites is 1. The fraction of sp³-hybridized carbons (Fsp3) is 0.524. The van der Waals surface area contributed by atoms with Crippen LogP contribution in [0.25, 0.3) is 11.1 Å². The number of nitrogens with zero attached hydrogens (tertiary/aromatic N) is 3. The van der Waals surface area contributed by atoms with Crippen molar-refractivity contribution >= 4 is 11.7 Å². The number of methoxy groups -OCH3 is 2. The first-order chi connectivity index (χ1) is 13.5. The first-order valence-electron chi connectivity index (χ1n) is 9.74. The van der Waals surface area contributed by atoms with Gasteiger partial charge in [0.1, 0.15) is 11.6 Å². The minimum Gasteiger partial charge on any atom is -0.496 e. The van der Waals surface area contributed by atoms with E-state index in [0.717, 1.165) is 61.7 Å². The Balaban J connectivity index is 1.76. The van der Waals surface area contributed by atoms with Gasteiger partial charge in [-0.15, -0.1) is 0 Å². The number of ether oxygens (including phenoxy) is 2. The lowest BCUT2D eigenvalue weighted by Gasteiger charge is -2.31. The molecule has 0 atom stereocenters. The van der Waals surface area contributed by atoms with Gasteiger partial charge in [-0.25, -0.2) is 0 Å². The molecule has 0 spiro atoms. The monoisotopic (exact) mass is 386 g/mol. The molecule has 1 fully saturated rings. The van der Waals surface area contributed by atoms with Crippen LogP contribution < -0.4 is 10.1 Å². The Morgan fingerprint density at radius 1 is 1.25 bits per heavy atom. The molecule has 152 valence electrons. The summed E-state index contributed by atoms with van der Waals surface area (Å²) in [6.45, 7) is 5.44. The van der Waals surface area contributed by atoms with Gasteiger partial charge >= 0.3 is 0 Å². The van der Waals surface area contributed by atoms with E-state index in [9.17, 15) is 4.79 Å². The summed E-state index contributed by atoms with van der Waals surface area (Å²) in [6, 6.07) is 7.81. The number of piperidine rings is 1. The van der Waals surface area contributed by atoms with Crippen LogP contribution in [0.5, 0.6) is 5.75 Å². The number of aryl methyl sites for hydroxylation is 2. The minimum atomic E-state index is 0.0134. The summed E-state index contributed by atoms with van der Waals surface area (Å²) in [5.41, 5.74) is 2.70. The molecule has 0 saturated carbocycles. The molecule has 1 aliphatic heterocycles. The Kier molecular flexibility index (Phi) is 6.70. The molecule has 3 rings (SSSR count). The van der Waals surface area contributed by atoms with E-state index in [1.54, 1.807) is 18.9 Å². The van der Waals surface area contributed by atoms with E-state index in [-0.39, 0.29) is 11.8 Å². The largest absolute Gasteiger partial charge is 0.496 e. The summed E-state index contributed by atoms with van der Waals surface area (Å²) in [5.74, 6) is 1.56. The average Bonchev–Trinajstić information content (AvgIpc) is 2.99. The molecule has 1 amide bonds. The number of benzene rings is 1. The van der Waals surface area contributed by atoms with Gasteiger partial charge in [-0.1, -0.05) is 18.2 Å². The smallest absolute Gasteiger partial charge is 0.228 e. The van der Waals surface area contributed by atoms with Gasteiger partial charge < -0.3 is 19.7 Å². The third kappa shape index (κ3) is 4.36. The molecule has 1 saturated heterocycles. The van der Waals surface area contributed by atoms with Crippen LogP contribution in [0.2, 0.25) is 0 Å². The van der Waals surface area contributed by atoms with Crippen molar-refractivity contribution in [3.8, 4) is 16.9 Å². The summed E-state index contributed by atoms with van der Waals surface area (Å²) >= 11 is 0. The lowest BCUT2D eigenvalue weighted by atomic mass is 9.95. The van der Waals surface area contributed by atoms with Crippen LogP contribution in [-0.4, -0.2) is 61.0 Å². The van der Waals surface area contributed by atoms with Gasteiger partial charge in [-0.3, -0.25) is 9.48 Å². The van der Waals surface area contributed by atoms with Crippen molar-refractivity contribution in [2.24, 2.45) is 13.0 Å². The van der Waals surface area contributed by atoms with Gasteiger partial charge in [0.05, 0.1) is 25.0 Å².